The first-order valence-electron chi connectivity index (χ1n) is 10.7. The molecule has 1 aliphatic heterocycles. The Hall–Kier alpha value is -2.92. The van der Waals surface area contributed by atoms with Crippen molar-refractivity contribution in [3.63, 3.8) is 0 Å². The number of aliphatic hydroxyl groups excluding tert-OH is 1. The van der Waals surface area contributed by atoms with Crippen molar-refractivity contribution in [3.05, 3.63) is 71.1 Å². The van der Waals surface area contributed by atoms with Gasteiger partial charge in [0.2, 0.25) is 0 Å². The molecule has 2 N–H and O–H groups in total. The fourth-order valence-corrected chi connectivity index (χ4v) is 4.27. The summed E-state index contributed by atoms with van der Waals surface area (Å²) in [5.74, 6) is -0.0192. The molecule has 1 aromatic heterocycles. The van der Waals surface area contributed by atoms with Gasteiger partial charge in [0.1, 0.15) is 0 Å². The monoisotopic (exact) mass is 403 g/mol. The van der Waals surface area contributed by atoms with Crippen LogP contribution in [0.2, 0.25) is 0 Å². The Bertz CT molecular complexity index is 1070. The number of amides is 1. The maximum Gasteiger partial charge on any atom is 0.254 e. The number of carbonyl (C=O) groups is 1. The normalized spacial score (nSPS) is 19.2. The molecule has 0 aliphatic carbocycles. The zero-order chi connectivity index (χ0) is 21.1. The molecule has 0 radical (unpaired) electrons. The minimum Gasteiger partial charge on any atom is -0.391 e. The summed E-state index contributed by atoms with van der Waals surface area (Å²) in [6.07, 6.45) is 6.60. The summed E-state index contributed by atoms with van der Waals surface area (Å²) in [6, 6.07) is 14.0. The summed E-state index contributed by atoms with van der Waals surface area (Å²) in [5, 5.41) is 19.8. The number of allylic oxidation sites excluding steroid dienone is 1. The maximum absolute atomic E-state index is 13.4. The van der Waals surface area contributed by atoms with Crippen LogP contribution in [0.15, 0.2) is 48.5 Å². The summed E-state index contributed by atoms with van der Waals surface area (Å²) >= 11 is 0. The van der Waals surface area contributed by atoms with Gasteiger partial charge >= 0.3 is 0 Å². The number of hydrogen-bond acceptors (Lipinski definition) is 3. The number of aromatic amines is 1. The highest BCUT2D eigenvalue weighted by Crippen LogP contribution is 2.28. The highest BCUT2D eigenvalue weighted by atomic mass is 16.3. The molecule has 1 aliphatic rings. The van der Waals surface area contributed by atoms with E-state index in [1.54, 1.807) is 4.90 Å². The third-order valence-electron chi connectivity index (χ3n) is 5.86. The van der Waals surface area contributed by atoms with Gasteiger partial charge in [-0.25, -0.2) is 0 Å². The molecule has 5 nitrogen and oxygen atoms in total. The molecule has 0 spiro atoms. The van der Waals surface area contributed by atoms with Gasteiger partial charge in [-0.15, -0.1) is 0 Å². The minimum absolute atomic E-state index is 0.000774. The molecule has 156 valence electrons. The summed E-state index contributed by atoms with van der Waals surface area (Å²) < 4.78 is 0. The van der Waals surface area contributed by atoms with Crippen LogP contribution in [0.3, 0.4) is 0 Å². The van der Waals surface area contributed by atoms with Gasteiger partial charge in [0.05, 0.1) is 11.8 Å². The predicted molar refractivity (Wildman–Crippen MR) is 120 cm³/mol. The van der Waals surface area contributed by atoms with E-state index in [0.29, 0.717) is 25.1 Å². The number of aliphatic hydroxyl groups is 1. The lowest BCUT2D eigenvalue weighted by Crippen LogP contribution is -2.29. The number of rotatable bonds is 6. The molecule has 0 saturated carbocycles. The first-order chi connectivity index (χ1) is 14.6. The van der Waals surface area contributed by atoms with Crippen molar-refractivity contribution in [2.45, 2.75) is 39.2 Å². The van der Waals surface area contributed by atoms with Crippen LogP contribution >= 0.6 is 0 Å². The Morgan fingerprint density at radius 1 is 1.23 bits per heavy atom. The lowest BCUT2D eigenvalue weighted by atomic mass is 9.98. The molecule has 1 fully saturated rings. The summed E-state index contributed by atoms with van der Waals surface area (Å²) in [6.45, 7) is 5.02. The van der Waals surface area contributed by atoms with Crippen LogP contribution in [0.25, 0.3) is 16.8 Å². The highest BCUT2D eigenvalue weighted by Gasteiger charge is 2.35. The van der Waals surface area contributed by atoms with E-state index in [1.807, 2.05) is 43.3 Å². The second kappa shape index (κ2) is 8.84. The summed E-state index contributed by atoms with van der Waals surface area (Å²) in [4.78, 5) is 15.1. The zero-order valence-electron chi connectivity index (χ0n) is 17.6. The Morgan fingerprint density at radius 3 is 2.77 bits per heavy atom. The molecule has 2 aromatic carbocycles. The number of nitrogens with zero attached hydrogens (tertiary/aromatic N) is 2. The van der Waals surface area contributed by atoms with Gasteiger partial charge in [0.25, 0.3) is 5.91 Å². The van der Waals surface area contributed by atoms with Crippen LogP contribution in [0.4, 0.5) is 0 Å². The Balaban J connectivity index is 1.57. The maximum atomic E-state index is 13.4. The van der Waals surface area contributed by atoms with E-state index in [-0.39, 0.29) is 11.8 Å². The van der Waals surface area contributed by atoms with Crippen LogP contribution in [0.1, 0.15) is 47.1 Å². The molecular formula is C25H29N3O2. The van der Waals surface area contributed by atoms with Crippen LogP contribution < -0.4 is 0 Å². The smallest absolute Gasteiger partial charge is 0.254 e. The third kappa shape index (κ3) is 4.17. The van der Waals surface area contributed by atoms with Crippen molar-refractivity contribution >= 4 is 22.8 Å². The van der Waals surface area contributed by atoms with Crippen molar-refractivity contribution in [2.24, 2.45) is 5.92 Å². The molecule has 0 unspecified atom stereocenters. The second-order valence-corrected chi connectivity index (χ2v) is 8.22. The van der Waals surface area contributed by atoms with E-state index < -0.39 is 6.10 Å². The summed E-state index contributed by atoms with van der Waals surface area (Å²) in [5.41, 5.74) is 3.76. The number of hydrogen-bond donors (Lipinski definition) is 2. The predicted octanol–water partition coefficient (Wildman–Crippen LogP) is 4.36. The number of β-amino-alcohol motifs (C(OH)–C–C–N with tert-alkyl or cyclic N) is 1. The van der Waals surface area contributed by atoms with Gasteiger partial charge in [0.15, 0.2) is 0 Å². The fraction of sp³-hybridized carbons (Fsp3) is 0.360. The highest BCUT2D eigenvalue weighted by molar-refractivity contribution is 6.09. The topological polar surface area (TPSA) is 69.2 Å². The minimum atomic E-state index is -0.534. The van der Waals surface area contributed by atoms with Gasteiger partial charge in [-0.1, -0.05) is 55.8 Å². The van der Waals surface area contributed by atoms with Crippen LogP contribution in [0.5, 0.6) is 0 Å². The summed E-state index contributed by atoms with van der Waals surface area (Å²) in [7, 11) is 0. The average Bonchev–Trinajstić information content (AvgIpc) is 3.33. The van der Waals surface area contributed by atoms with Crippen molar-refractivity contribution in [3.8, 4) is 0 Å². The van der Waals surface area contributed by atoms with E-state index in [0.717, 1.165) is 40.6 Å². The molecule has 1 amide bonds. The lowest BCUT2D eigenvalue weighted by Gasteiger charge is -2.18. The van der Waals surface area contributed by atoms with Crippen LogP contribution in [-0.4, -0.2) is 45.3 Å². The molecular weight excluding hydrogens is 374 g/mol. The van der Waals surface area contributed by atoms with Crippen molar-refractivity contribution in [1.29, 1.82) is 0 Å². The fourth-order valence-electron chi connectivity index (χ4n) is 4.27. The Morgan fingerprint density at radius 2 is 2.03 bits per heavy atom. The van der Waals surface area contributed by atoms with E-state index in [1.165, 1.54) is 0 Å². The molecule has 2 heterocycles. The number of unbranched alkanes of at least 4 members (excludes halogenated alkanes) is 1. The quantitative estimate of drug-likeness (QED) is 0.642. The van der Waals surface area contributed by atoms with E-state index in [4.69, 9.17) is 0 Å². The number of nitrogens with one attached hydrogen (secondary N) is 1. The number of aryl methyl sites for hydroxylation is 1. The van der Waals surface area contributed by atoms with E-state index in [2.05, 4.69) is 35.3 Å². The first kappa shape index (κ1) is 20.4. The SMILES string of the molecule is CCC/C=C/c1ccc(C(=O)N2C[C@@H](Cc3cc(C)[nH]n3)[C@H](O)C2)c2ccccc12. The van der Waals surface area contributed by atoms with Gasteiger partial charge in [-0.2, -0.15) is 5.10 Å². The Kier molecular flexibility index (Phi) is 6.00. The van der Waals surface area contributed by atoms with Crippen molar-refractivity contribution in [1.82, 2.24) is 15.1 Å². The standard InChI is InChI=1S/C25H29N3O2/c1-3-4-5-8-18-11-12-23(22-10-7-6-9-21(18)22)25(30)28-15-19(24(29)16-28)14-20-13-17(2)26-27-20/h5-13,19,24,29H,3-4,14-16H2,1-2H3,(H,26,27)/b8-5+/t19-,24-/m1/s1. The largest absolute Gasteiger partial charge is 0.391 e. The number of benzene rings is 2. The van der Waals surface area contributed by atoms with Crippen LogP contribution in [0, 0.1) is 12.8 Å². The zero-order valence-corrected chi connectivity index (χ0v) is 17.6. The molecule has 0 bridgehead atoms. The second-order valence-electron chi connectivity index (χ2n) is 8.22. The molecule has 5 heteroatoms. The van der Waals surface area contributed by atoms with E-state index >= 15 is 0 Å². The molecule has 1 saturated heterocycles. The number of aromatic nitrogens is 2. The molecule has 30 heavy (non-hydrogen) atoms. The van der Waals surface area contributed by atoms with Crippen molar-refractivity contribution in [2.75, 3.05) is 13.1 Å². The number of H-pyrrole nitrogens is 1. The number of fused-ring (bicyclic) bond motifs is 1. The van der Waals surface area contributed by atoms with Gasteiger partial charge in [-0.05, 0) is 48.2 Å². The number of likely N-dealkylation sites (tertiary alicyclic amines) is 1. The molecule has 4 rings (SSSR count). The first-order valence-corrected chi connectivity index (χ1v) is 10.7. The van der Waals surface area contributed by atoms with Gasteiger partial charge in [0, 0.05) is 30.3 Å². The molecule has 3 aromatic rings. The van der Waals surface area contributed by atoms with Crippen molar-refractivity contribution < 1.29 is 9.90 Å². The lowest BCUT2D eigenvalue weighted by molar-refractivity contribution is 0.0766. The van der Waals surface area contributed by atoms with Gasteiger partial charge in [-0.3, -0.25) is 9.89 Å². The van der Waals surface area contributed by atoms with Gasteiger partial charge < -0.3 is 10.0 Å². The van der Waals surface area contributed by atoms with Crippen LogP contribution in [-0.2, 0) is 6.42 Å². The third-order valence-corrected chi connectivity index (χ3v) is 5.86. The average molecular weight is 404 g/mol. The molecule has 2 atom stereocenters. The Labute approximate surface area is 177 Å². The van der Waals surface area contributed by atoms with E-state index in [9.17, 15) is 9.90 Å². The number of carbonyl (C=O) groups excluding carboxylic acids is 1.